The summed E-state index contributed by atoms with van der Waals surface area (Å²) < 4.78 is 26.7. The highest BCUT2D eigenvalue weighted by atomic mass is 35.5. The molecule has 3 aromatic rings. The largest absolute Gasteiger partial charge is 0.489 e. The monoisotopic (exact) mass is 417 g/mol. The van der Waals surface area contributed by atoms with Crippen LogP contribution in [-0.4, -0.2) is 39.3 Å². The van der Waals surface area contributed by atoms with E-state index in [2.05, 4.69) is 20.8 Å². The maximum Gasteiger partial charge on any atom is 0.228 e. The van der Waals surface area contributed by atoms with E-state index in [1.165, 1.54) is 22.9 Å². The maximum absolute atomic E-state index is 14.2. The van der Waals surface area contributed by atoms with Crippen LogP contribution in [0.3, 0.4) is 0 Å². The molecule has 0 atom stereocenters. The van der Waals surface area contributed by atoms with Crippen molar-refractivity contribution in [3.63, 3.8) is 0 Å². The number of ether oxygens (including phenoxy) is 2. The van der Waals surface area contributed by atoms with E-state index in [9.17, 15) is 9.18 Å². The molecule has 4 rings (SSSR count). The average Bonchev–Trinajstić information content (AvgIpc) is 2.95. The van der Waals surface area contributed by atoms with Crippen LogP contribution in [0, 0.1) is 12.7 Å². The first-order chi connectivity index (χ1) is 14.0. The predicted molar refractivity (Wildman–Crippen MR) is 103 cm³/mol. The molecule has 1 N–H and O–H groups in total. The lowest BCUT2D eigenvalue weighted by Crippen LogP contribution is -2.15. The highest BCUT2D eigenvalue weighted by molar-refractivity contribution is 6.32. The summed E-state index contributed by atoms with van der Waals surface area (Å²) in [5.41, 5.74) is 1.24. The van der Waals surface area contributed by atoms with Gasteiger partial charge in [-0.25, -0.2) is 4.39 Å². The number of carbonyl (C=O) groups excluding carboxylic acids is 1. The van der Waals surface area contributed by atoms with Gasteiger partial charge < -0.3 is 14.8 Å². The van der Waals surface area contributed by atoms with Crippen LogP contribution in [0.25, 0.3) is 5.69 Å². The van der Waals surface area contributed by atoms with Gasteiger partial charge in [0.15, 0.2) is 17.3 Å². The van der Waals surface area contributed by atoms with Gasteiger partial charge in [0.05, 0.1) is 24.7 Å². The fraction of sp³-hybridized carbons (Fsp3) is 0.263. The fourth-order valence-electron chi connectivity index (χ4n) is 2.98. The molecule has 0 aliphatic carbocycles. The Balaban J connectivity index is 1.51. The van der Waals surface area contributed by atoms with Crippen LogP contribution < -0.4 is 14.8 Å². The summed E-state index contributed by atoms with van der Waals surface area (Å²) in [6.07, 6.45) is 0.821. The first-order valence-electron chi connectivity index (χ1n) is 8.94. The topological polar surface area (TPSA) is 91.2 Å². The quantitative estimate of drug-likeness (QED) is 0.701. The van der Waals surface area contributed by atoms with Crippen molar-refractivity contribution in [2.24, 2.45) is 0 Å². The minimum Gasteiger partial charge on any atom is -0.489 e. The molecule has 0 saturated carbocycles. The SMILES string of the molecule is Cc1nnnn1-c1cc(NC(=O)Cc2cc(Cl)c3c(c2)OCCCO3)ccc1F. The first kappa shape index (κ1) is 19.1. The summed E-state index contributed by atoms with van der Waals surface area (Å²) in [5.74, 6) is 0.646. The van der Waals surface area contributed by atoms with Crippen molar-refractivity contribution >= 4 is 23.2 Å². The number of halogens is 2. The van der Waals surface area contributed by atoms with Gasteiger partial charge in [-0.05, 0) is 53.2 Å². The molecule has 2 heterocycles. The molecule has 0 saturated heterocycles. The van der Waals surface area contributed by atoms with Crippen molar-refractivity contribution < 1.29 is 18.7 Å². The van der Waals surface area contributed by atoms with Gasteiger partial charge in [0, 0.05) is 12.1 Å². The molecule has 0 spiro atoms. The molecule has 8 nitrogen and oxygen atoms in total. The van der Waals surface area contributed by atoms with Gasteiger partial charge in [0.2, 0.25) is 5.91 Å². The third-order valence-corrected chi connectivity index (χ3v) is 4.59. The Bertz CT molecular complexity index is 1070. The number of tetrazole rings is 1. The van der Waals surface area contributed by atoms with Crippen molar-refractivity contribution in [1.29, 1.82) is 0 Å². The predicted octanol–water partition coefficient (Wildman–Crippen LogP) is 3.11. The molecule has 0 unspecified atom stereocenters. The number of hydrogen-bond donors (Lipinski definition) is 1. The summed E-state index contributed by atoms with van der Waals surface area (Å²) in [6, 6.07) is 7.60. The van der Waals surface area contributed by atoms with Crippen molar-refractivity contribution in [2.45, 2.75) is 19.8 Å². The molecule has 1 amide bonds. The molecule has 0 fully saturated rings. The molecule has 10 heteroatoms. The minimum absolute atomic E-state index is 0.0625. The van der Waals surface area contributed by atoms with E-state index >= 15 is 0 Å². The molecule has 1 aromatic heterocycles. The summed E-state index contributed by atoms with van der Waals surface area (Å²) in [7, 11) is 0. The number of rotatable bonds is 4. The fourth-order valence-corrected chi connectivity index (χ4v) is 3.27. The van der Waals surface area contributed by atoms with Crippen LogP contribution in [0.15, 0.2) is 30.3 Å². The Kier molecular flexibility index (Phi) is 5.30. The van der Waals surface area contributed by atoms with Crippen LogP contribution in [0.4, 0.5) is 10.1 Å². The molecule has 1 aliphatic rings. The number of nitrogens with one attached hydrogen (secondary N) is 1. The lowest BCUT2D eigenvalue weighted by Gasteiger charge is -2.12. The third kappa shape index (κ3) is 4.14. The summed E-state index contributed by atoms with van der Waals surface area (Å²) in [4.78, 5) is 12.5. The Labute approximate surface area is 170 Å². The van der Waals surface area contributed by atoms with Gasteiger partial charge in [0.1, 0.15) is 11.5 Å². The van der Waals surface area contributed by atoms with E-state index in [4.69, 9.17) is 21.1 Å². The average molecular weight is 418 g/mol. The van der Waals surface area contributed by atoms with E-state index in [1.807, 2.05) is 0 Å². The second-order valence-corrected chi connectivity index (χ2v) is 6.89. The Morgan fingerprint density at radius 1 is 1.28 bits per heavy atom. The molecule has 0 bridgehead atoms. The second kappa shape index (κ2) is 8.04. The zero-order valence-corrected chi connectivity index (χ0v) is 16.2. The van der Waals surface area contributed by atoms with E-state index in [1.54, 1.807) is 19.1 Å². The van der Waals surface area contributed by atoms with Gasteiger partial charge in [-0.1, -0.05) is 11.6 Å². The standard InChI is InChI=1S/C19H17ClFN5O3/c1-11-23-24-25-26(11)16-10-13(3-4-15(16)21)22-18(27)9-12-7-14(20)19-17(8-12)28-5-2-6-29-19/h3-4,7-8,10H,2,5-6,9H2,1H3,(H,22,27). The highest BCUT2D eigenvalue weighted by Gasteiger charge is 2.17. The minimum atomic E-state index is -0.506. The normalized spacial score (nSPS) is 13.1. The number of fused-ring (bicyclic) bond motifs is 1. The Hall–Kier alpha value is -3.20. The smallest absolute Gasteiger partial charge is 0.228 e. The van der Waals surface area contributed by atoms with Crippen molar-refractivity contribution in [3.8, 4) is 17.2 Å². The molecular formula is C19H17ClFN5O3. The van der Waals surface area contributed by atoms with Crippen molar-refractivity contribution in [3.05, 3.63) is 52.6 Å². The van der Waals surface area contributed by atoms with Crippen LogP contribution >= 0.6 is 11.6 Å². The Morgan fingerprint density at radius 3 is 2.90 bits per heavy atom. The van der Waals surface area contributed by atoms with Crippen molar-refractivity contribution in [1.82, 2.24) is 20.2 Å². The van der Waals surface area contributed by atoms with Gasteiger partial charge >= 0.3 is 0 Å². The highest BCUT2D eigenvalue weighted by Crippen LogP contribution is 2.38. The van der Waals surface area contributed by atoms with Crippen LogP contribution in [-0.2, 0) is 11.2 Å². The molecule has 150 valence electrons. The number of aromatic nitrogens is 4. The summed E-state index contributed by atoms with van der Waals surface area (Å²) >= 11 is 6.27. The number of benzene rings is 2. The van der Waals surface area contributed by atoms with Crippen LogP contribution in [0.2, 0.25) is 5.02 Å². The van der Waals surface area contributed by atoms with Gasteiger partial charge in [-0.2, -0.15) is 4.68 Å². The third-order valence-electron chi connectivity index (χ3n) is 4.31. The van der Waals surface area contributed by atoms with E-state index in [-0.39, 0.29) is 18.0 Å². The molecule has 1 aliphatic heterocycles. The molecule has 2 aromatic carbocycles. The molecular weight excluding hydrogens is 401 g/mol. The van der Waals surface area contributed by atoms with E-state index in [0.29, 0.717) is 46.8 Å². The van der Waals surface area contributed by atoms with E-state index in [0.717, 1.165) is 6.42 Å². The number of anilines is 1. The lowest BCUT2D eigenvalue weighted by atomic mass is 10.1. The van der Waals surface area contributed by atoms with E-state index < -0.39 is 5.82 Å². The van der Waals surface area contributed by atoms with Crippen LogP contribution in [0.5, 0.6) is 11.5 Å². The zero-order valence-electron chi connectivity index (χ0n) is 15.5. The second-order valence-electron chi connectivity index (χ2n) is 6.48. The molecule has 29 heavy (non-hydrogen) atoms. The number of hydrogen-bond acceptors (Lipinski definition) is 6. The Morgan fingerprint density at radius 2 is 2.10 bits per heavy atom. The van der Waals surface area contributed by atoms with Crippen molar-refractivity contribution in [2.75, 3.05) is 18.5 Å². The first-order valence-corrected chi connectivity index (χ1v) is 9.32. The number of carbonyl (C=O) groups is 1. The van der Waals surface area contributed by atoms with Crippen LogP contribution in [0.1, 0.15) is 17.8 Å². The molecule has 0 radical (unpaired) electrons. The summed E-state index contributed by atoms with van der Waals surface area (Å²) in [6.45, 7) is 2.70. The van der Waals surface area contributed by atoms with Gasteiger partial charge in [-0.15, -0.1) is 5.10 Å². The van der Waals surface area contributed by atoms with Gasteiger partial charge in [0.25, 0.3) is 0 Å². The van der Waals surface area contributed by atoms with Gasteiger partial charge in [-0.3, -0.25) is 4.79 Å². The number of nitrogens with zero attached hydrogens (tertiary/aromatic N) is 4. The number of aryl methyl sites for hydroxylation is 1. The number of amides is 1. The lowest BCUT2D eigenvalue weighted by molar-refractivity contribution is -0.115. The summed E-state index contributed by atoms with van der Waals surface area (Å²) in [5, 5.41) is 14.2. The zero-order chi connectivity index (χ0) is 20.4. The maximum atomic E-state index is 14.2.